The smallest absolute Gasteiger partial charge is 0.123 e. The molecule has 0 amide bonds. The van der Waals surface area contributed by atoms with E-state index in [1.807, 2.05) is 6.92 Å². The third-order valence-electron chi connectivity index (χ3n) is 2.65. The Bertz CT molecular complexity index is 487. The highest BCUT2D eigenvalue weighted by atomic mass is 35.5. The Morgan fingerprint density at radius 2 is 2.06 bits per heavy atom. The molecule has 0 fully saturated rings. The molecule has 0 radical (unpaired) electrons. The molecule has 0 spiro atoms. The van der Waals surface area contributed by atoms with Gasteiger partial charge in [-0.05, 0) is 24.6 Å². The zero-order valence-corrected chi connectivity index (χ0v) is 10.2. The topological polar surface area (TPSA) is 43.8 Å². The van der Waals surface area contributed by atoms with E-state index in [-0.39, 0.29) is 11.9 Å². The summed E-state index contributed by atoms with van der Waals surface area (Å²) in [4.78, 5) is 0. The average molecular weight is 254 g/mol. The third-order valence-corrected chi connectivity index (χ3v) is 3.03. The number of hydrogen-bond acceptors (Lipinski definition) is 2. The number of nitrogens with two attached hydrogens (primary N) is 1. The number of halogens is 2. The van der Waals surface area contributed by atoms with Crippen LogP contribution in [0.15, 0.2) is 30.5 Å². The van der Waals surface area contributed by atoms with Crippen LogP contribution in [0.4, 0.5) is 4.39 Å². The van der Waals surface area contributed by atoms with E-state index in [2.05, 4.69) is 5.10 Å². The molecule has 3 nitrogen and oxygen atoms in total. The molecule has 1 unspecified atom stereocenters. The molecule has 5 heteroatoms. The van der Waals surface area contributed by atoms with Crippen molar-refractivity contribution in [3.8, 4) is 0 Å². The Hall–Kier alpha value is -1.39. The average Bonchev–Trinajstić information content (AvgIpc) is 2.63. The number of benzene rings is 1. The summed E-state index contributed by atoms with van der Waals surface area (Å²) < 4.78 is 14.6. The van der Waals surface area contributed by atoms with Crippen LogP contribution in [-0.4, -0.2) is 16.3 Å². The fourth-order valence-electron chi connectivity index (χ4n) is 1.70. The van der Waals surface area contributed by atoms with E-state index in [0.717, 1.165) is 11.3 Å². The van der Waals surface area contributed by atoms with Crippen molar-refractivity contribution >= 4 is 11.6 Å². The van der Waals surface area contributed by atoms with E-state index in [1.54, 1.807) is 23.0 Å². The summed E-state index contributed by atoms with van der Waals surface area (Å²) in [5.41, 5.74) is 7.40. The lowest BCUT2D eigenvalue weighted by molar-refractivity contribution is 0.527. The van der Waals surface area contributed by atoms with Crippen LogP contribution in [-0.2, 0) is 0 Å². The molecule has 0 saturated carbocycles. The summed E-state index contributed by atoms with van der Waals surface area (Å²) >= 11 is 5.96. The second kappa shape index (κ2) is 4.85. The van der Waals surface area contributed by atoms with Crippen LogP contribution >= 0.6 is 11.6 Å². The summed E-state index contributed by atoms with van der Waals surface area (Å²) in [6, 6.07) is 6.11. The zero-order valence-electron chi connectivity index (χ0n) is 9.40. The molecular formula is C12H13ClFN3. The van der Waals surface area contributed by atoms with Crippen LogP contribution in [0.25, 0.3) is 0 Å². The van der Waals surface area contributed by atoms with Crippen molar-refractivity contribution in [1.29, 1.82) is 0 Å². The van der Waals surface area contributed by atoms with E-state index in [0.29, 0.717) is 11.6 Å². The number of nitrogens with zero attached hydrogens (tertiary/aromatic N) is 2. The van der Waals surface area contributed by atoms with E-state index >= 15 is 0 Å². The van der Waals surface area contributed by atoms with Gasteiger partial charge in [0.1, 0.15) is 5.82 Å². The standard InChI is InChI=1S/C12H13ClFN3/c1-8-11(13)7-17(16-8)12(6-15)9-2-4-10(14)5-3-9/h2-5,7,12H,6,15H2,1H3. The lowest BCUT2D eigenvalue weighted by atomic mass is 10.1. The van der Waals surface area contributed by atoms with Crippen molar-refractivity contribution in [2.45, 2.75) is 13.0 Å². The molecule has 2 rings (SSSR count). The maximum absolute atomic E-state index is 12.8. The van der Waals surface area contributed by atoms with E-state index in [4.69, 9.17) is 17.3 Å². The van der Waals surface area contributed by atoms with Gasteiger partial charge >= 0.3 is 0 Å². The van der Waals surface area contributed by atoms with Crippen molar-refractivity contribution < 1.29 is 4.39 Å². The van der Waals surface area contributed by atoms with Crippen LogP contribution in [0.3, 0.4) is 0 Å². The molecule has 90 valence electrons. The minimum atomic E-state index is -0.265. The Kier molecular flexibility index (Phi) is 3.45. The Morgan fingerprint density at radius 1 is 1.41 bits per heavy atom. The molecule has 1 atom stereocenters. The van der Waals surface area contributed by atoms with Crippen molar-refractivity contribution in [2.24, 2.45) is 5.73 Å². The maximum atomic E-state index is 12.8. The summed E-state index contributed by atoms with van der Waals surface area (Å²) in [5.74, 6) is -0.265. The fourth-order valence-corrected chi connectivity index (χ4v) is 1.84. The molecule has 0 aliphatic rings. The number of rotatable bonds is 3. The zero-order chi connectivity index (χ0) is 12.4. The van der Waals surface area contributed by atoms with Crippen LogP contribution in [0, 0.1) is 12.7 Å². The summed E-state index contributed by atoms with van der Waals surface area (Å²) in [6.45, 7) is 2.21. The van der Waals surface area contributed by atoms with Crippen molar-refractivity contribution in [3.05, 3.63) is 52.6 Å². The predicted molar refractivity (Wildman–Crippen MR) is 65.6 cm³/mol. The molecule has 1 heterocycles. The fraction of sp³-hybridized carbons (Fsp3) is 0.250. The normalized spacial score (nSPS) is 12.7. The van der Waals surface area contributed by atoms with Gasteiger partial charge in [0.15, 0.2) is 0 Å². The maximum Gasteiger partial charge on any atom is 0.123 e. The van der Waals surface area contributed by atoms with Gasteiger partial charge in [0.25, 0.3) is 0 Å². The van der Waals surface area contributed by atoms with Gasteiger partial charge in [-0.25, -0.2) is 4.39 Å². The molecule has 0 aliphatic carbocycles. The lowest BCUT2D eigenvalue weighted by Gasteiger charge is -2.15. The Labute approximate surface area is 104 Å². The Balaban J connectivity index is 2.36. The second-order valence-corrected chi connectivity index (χ2v) is 4.25. The Morgan fingerprint density at radius 3 is 2.53 bits per heavy atom. The van der Waals surface area contributed by atoms with Crippen molar-refractivity contribution in [3.63, 3.8) is 0 Å². The number of aryl methyl sites for hydroxylation is 1. The van der Waals surface area contributed by atoms with Gasteiger partial charge < -0.3 is 5.73 Å². The highest BCUT2D eigenvalue weighted by Crippen LogP contribution is 2.21. The molecule has 1 aromatic heterocycles. The first-order chi connectivity index (χ1) is 8.11. The molecule has 1 aromatic carbocycles. The predicted octanol–water partition coefficient (Wildman–Crippen LogP) is 2.53. The van der Waals surface area contributed by atoms with Gasteiger partial charge in [-0.1, -0.05) is 23.7 Å². The highest BCUT2D eigenvalue weighted by molar-refractivity contribution is 6.31. The van der Waals surface area contributed by atoms with Crippen LogP contribution in [0.2, 0.25) is 5.02 Å². The van der Waals surface area contributed by atoms with Gasteiger partial charge in [0, 0.05) is 12.7 Å². The van der Waals surface area contributed by atoms with E-state index < -0.39 is 0 Å². The van der Waals surface area contributed by atoms with Gasteiger partial charge in [0.05, 0.1) is 16.8 Å². The highest BCUT2D eigenvalue weighted by Gasteiger charge is 2.14. The van der Waals surface area contributed by atoms with E-state index in [9.17, 15) is 4.39 Å². The van der Waals surface area contributed by atoms with Gasteiger partial charge in [-0.2, -0.15) is 5.10 Å². The molecule has 2 N–H and O–H groups in total. The number of aromatic nitrogens is 2. The lowest BCUT2D eigenvalue weighted by Crippen LogP contribution is -2.21. The summed E-state index contributed by atoms with van der Waals surface area (Å²) in [5, 5.41) is 4.89. The molecule has 0 aliphatic heterocycles. The first-order valence-corrected chi connectivity index (χ1v) is 5.66. The van der Waals surface area contributed by atoms with Crippen LogP contribution < -0.4 is 5.73 Å². The van der Waals surface area contributed by atoms with Crippen molar-refractivity contribution in [2.75, 3.05) is 6.54 Å². The molecular weight excluding hydrogens is 241 g/mol. The van der Waals surface area contributed by atoms with Gasteiger partial charge in [-0.3, -0.25) is 4.68 Å². The SMILES string of the molecule is Cc1nn(C(CN)c2ccc(F)cc2)cc1Cl. The minimum absolute atomic E-state index is 0.123. The largest absolute Gasteiger partial charge is 0.328 e. The van der Waals surface area contributed by atoms with Gasteiger partial charge in [-0.15, -0.1) is 0 Å². The summed E-state index contributed by atoms with van der Waals surface area (Å²) in [6.07, 6.45) is 1.73. The third kappa shape index (κ3) is 2.48. The van der Waals surface area contributed by atoms with Crippen LogP contribution in [0.5, 0.6) is 0 Å². The van der Waals surface area contributed by atoms with Crippen LogP contribution in [0.1, 0.15) is 17.3 Å². The summed E-state index contributed by atoms with van der Waals surface area (Å²) in [7, 11) is 0. The van der Waals surface area contributed by atoms with Crippen molar-refractivity contribution in [1.82, 2.24) is 9.78 Å². The molecule has 17 heavy (non-hydrogen) atoms. The quantitative estimate of drug-likeness (QED) is 0.914. The van der Waals surface area contributed by atoms with E-state index in [1.165, 1.54) is 12.1 Å². The second-order valence-electron chi connectivity index (χ2n) is 3.85. The first kappa shape index (κ1) is 12.1. The first-order valence-electron chi connectivity index (χ1n) is 5.28. The number of hydrogen-bond donors (Lipinski definition) is 1. The van der Waals surface area contributed by atoms with Gasteiger partial charge in [0.2, 0.25) is 0 Å². The monoisotopic (exact) mass is 253 g/mol. The molecule has 0 bridgehead atoms. The molecule has 2 aromatic rings. The minimum Gasteiger partial charge on any atom is -0.328 e. The molecule has 0 saturated heterocycles.